The third-order valence-electron chi connectivity index (χ3n) is 5.30. The molecule has 4 rings (SSSR count). The summed E-state index contributed by atoms with van der Waals surface area (Å²) in [5, 5.41) is 6.32. The molecule has 0 aromatic rings. The largest absolute Gasteiger partial charge is 0.356 e. The number of hydrogen-bond donors (Lipinski definition) is 1. The summed E-state index contributed by atoms with van der Waals surface area (Å²) in [6.07, 6.45) is 8.73. The number of carbonyl (C=O) groups is 1. The van der Waals surface area contributed by atoms with Crippen molar-refractivity contribution in [1.82, 2.24) is 5.32 Å². The molecule has 5 heteroatoms. The standard InChI is InChI=1S/C14H22N4O/c15-18-17-2-1-16-13(19)9-14-6-10-3-11(7-14)5-12(4-10)8-14/h10-12H,1-9H2,(H,16,19). The van der Waals surface area contributed by atoms with Crippen LogP contribution in [0.2, 0.25) is 0 Å². The maximum absolute atomic E-state index is 12.0. The van der Waals surface area contributed by atoms with Gasteiger partial charge in [0, 0.05) is 24.4 Å². The average Bonchev–Trinajstić information content (AvgIpc) is 2.32. The molecule has 0 spiro atoms. The van der Waals surface area contributed by atoms with Crippen molar-refractivity contribution in [2.45, 2.75) is 44.9 Å². The van der Waals surface area contributed by atoms with Gasteiger partial charge in [-0.1, -0.05) is 5.11 Å². The highest BCUT2D eigenvalue weighted by Crippen LogP contribution is 2.61. The number of nitrogens with one attached hydrogen (secondary N) is 1. The summed E-state index contributed by atoms with van der Waals surface area (Å²) in [5.41, 5.74) is 8.49. The van der Waals surface area contributed by atoms with E-state index in [0.29, 0.717) is 24.9 Å². The van der Waals surface area contributed by atoms with E-state index < -0.39 is 0 Å². The Hall–Kier alpha value is -1.22. The Morgan fingerprint density at radius 2 is 1.79 bits per heavy atom. The first-order valence-electron chi connectivity index (χ1n) is 7.47. The molecule has 0 aromatic heterocycles. The van der Waals surface area contributed by atoms with E-state index in [1.165, 1.54) is 38.5 Å². The molecule has 104 valence electrons. The summed E-state index contributed by atoms with van der Waals surface area (Å²) in [7, 11) is 0. The van der Waals surface area contributed by atoms with Crippen LogP contribution in [0.4, 0.5) is 0 Å². The molecule has 4 aliphatic rings. The van der Waals surface area contributed by atoms with E-state index in [9.17, 15) is 4.79 Å². The normalized spacial score (nSPS) is 38.8. The van der Waals surface area contributed by atoms with Crippen LogP contribution in [0.15, 0.2) is 5.11 Å². The fraction of sp³-hybridized carbons (Fsp3) is 0.929. The molecule has 19 heavy (non-hydrogen) atoms. The number of azide groups is 1. The van der Waals surface area contributed by atoms with Crippen LogP contribution in [-0.4, -0.2) is 19.0 Å². The van der Waals surface area contributed by atoms with Crippen LogP contribution in [0.1, 0.15) is 44.9 Å². The van der Waals surface area contributed by atoms with E-state index in [2.05, 4.69) is 15.3 Å². The molecule has 4 saturated carbocycles. The smallest absolute Gasteiger partial charge is 0.220 e. The average molecular weight is 262 g/mol. The Morgan fingerprint density at radius 1 is 1.21 bits per heavy atom. The molecule has 0 aliphatic heterocycles. The SMILES string of the molecule is [N-]=[N+]=NCCNC(=O)CC12CC3CC(CC(C3)C1)C2. The van der Waals surface area contributed by atoms with Crippen LogP contribution in [0.3, 0.4) is 0 Å². The summed E-state index contributed by atoms with van der Waals surface area (Å²) >= 11 is 0. The van der Waals surface area contributed by atoms with Crippen molar-refractivity contribution < 1.29 is 4.79 Å². The zero-order chi connectivity index (χ0) is 13.3. The molecule has 0 aromatic carbocycles. The second kappa shape index (κ2) is 5.04. The molecule has 0 saturated heterocycles. The molecule has 1 amide bonds. The van der Waals surface area contributed by atoms with Crippen molar-refractivity contribution in [3.8, 4) is 0 Å². The van der Waals surface area contributed by atoms with Crippen molar-refractivity contribution in [2.24, 2.45) is 28.3 Å². The van der Waals surface area contributed by atoms with Gasteiger partial charge in [-0.3, -0.25) is 4.79 Å². The van der Waals surface area contributed by atoms with Crippen molar-refractivity contribution >= 4 is 5.91 Å². The maximum Gasteiger partial charge on any atom is 0.220 e. The zero-order valence-electron chi connectivity index (χ0n) is 11.3. The van der Waals surface area contributed by atoms with Crippen molar-refractivity contribution in [3.63, 3.8) is 0 Å². The van der Waals surface area contributed by atoms with E-state index in [-0.39, 0.29) is 5.91 Å². The lowest BCUT2D eigenvalue weighted by atomic mass is 9.49. The van der Waals surface area contributed by atoms with E-state index in [1.54, 1.807) is 0 Å². The highest BCUT2D eigenvalue weighted by molar-refractivity contribution is 5.76. The summed E-state index contributed by atoms with van der Waals surface area (Å²) in [5.74, 6) is 2.82. The number of amides is 1. The van der Waals surface area contributed by atoms with Gasteiger partial charge in [0.25, 0.3) is 0 Å². The van der Waals surface area contributed by atoms with Gasteiger partial charge in [0.05, 0.1) is 0 Å². The van der Waals surface area contributed by atoms with Crippen molar-refractivity contribution in [1.29, 1.82) is 0 Å². The lowest BCUT2D eigenvalue weighted by Gasteiger charge is -2.56. The minimum atomic E-state index is 0.148. The number of nitrogens with zero attached hydrogens (tertiary/aromatic N) is 3. The topological polar surface area (TPSA) is 77.9 Å². The molecule has 4 aliphatic carbocycles. The highest BCUT2D eigenvalue weighted by Gasteiger charge is 2.51. The minimum absolute atomic E-state index is 0.148. The number of carbonyl (C=O) groups excluding carboxylic acids is 1. The van der Waals surface area contributed by atoms with E-state index >= 15 is 0 Å². The zero-order valence-corrected chi connectivity index (χ0v) is 11.3. The third-order valence-corrected chi connectivity index (χ3v) is 5.30. The molecule has 4 fully saturated rings. The summed E-state index contributed by atoms with van der Waals surface area (Å²) in [4.78, 5) is 14.7. The van der Waals surface area contributed by atoms with Gasteiger partial charge in [-0.15, -0.1) is 0 Å². The van der Waals surface area contributed by atoms with Gasteiger partial charge in [0.15, 0.2) is 0 Å². The Bertz CT molecular complexity index is 378. The molecule has 1 N–H and O–H groups in total. The molecular weight excluding hydrogens is 240 g/mol. The predicted molar refractivity (Wildman–Crippen MR) is 72.2 cm³/mol. The van der Waals surface area contributed by atoms with Crippen molar-refractivity contribution in [2.75, 3.05) is 13.1 Å². The van der Waals surface area contributed by atoms with Gasteiger partial charge in [0.1, 0.15) is 0 Å². The third kappa shape index (κ3) is 2.71. The molecule has 5 nitrogen and oxygen atoms in total. The van der Waals surface area contributed by atoms with Crippen molar-refractivity contribution in [3.05, 3.63) is 10.4 Å². The number of rotatable bonds is 5. The van der Waals surface area contributed by atoms with Crippen LogP contribution in [0.25, 0.3) is 10.4 Å². The lowest BCUT2D eigenvalue weighted by Crippen LogP contribution is -2.48. The maximum atomic E-state index is 12.0. The van der Waals surface area contributed by atoms with Gasteiger partial charge in [-0.2, -0.15) is 0 Å². The molecule has 0 unspecified atom stereocenters. The summed E-state index contributed by atoms with van der Waals surface area (Å²) < 4.78 is 0. The Morgan fingerprint density at radius 3 is 2.32 bits per heavy atom. The van der Waals surface area contributed by atoms with Crippen LogP contribution in [0, 0.1) is 23.2 Å². The van der Waals surface area contributed by atoms with Gasteiger partial charge in [0.2, 0.25) is 5.91 Å². The second-order valence-corrected chi connectivity index (χ2v) is 6.90. The molecule has 4 bridgehead atoms. The summed E-state index contributed by atoms with van der Waals surface area (Å²) in [6.45, 7) is 0.818. The van der Waals surface area contributed by atoms with Gasteiger partial charge < -0.3 is 5.32 Å². The van der Waals surface area contributed by atoms with Crippen LogP contribution in [-0.2, 0) is 4.79 Å². The first kappa shape index (κ1) is 12.8. The van der Waals surface area contributed by atoms with Crippen LogP contribution < -0.4 is 5.32 Å². The van der Waals surface area contributed by atoms with E-state index in [0.717, 1.165) is 17.8 Å². The first-order chi connectivity index (χ1) is 9.19. The Kier molecular flexibility index (Phi) is 3.40. The number of hydrogen-bond acceptors (Lipinski definition) is 2. The van der Waals surface area contributed by atoms with Gasteiger partial charge >= 0.3 is 0 Å². The fourth-order valence-electron chi connectivity index (χ4n) is 5.20. The molecule has 0 heterocycles. The van der Waals surface area contributed by atoms with Gasteiger partial charge in [-0.05, 0) is 67.2 Å². The lowest BCUT2D eigenvalue weighted by molar-refractivity contribution is -0.129. The fourth-order valence-corrected chi connectivity index (χ4v) is 5.20. The predicted octanol–water partition coefficient (Wildman–Crippen LogP) is 3.02. The molecule has 0 radical (unpaired) electrons. The molecule has 0 atom stereocenters. The monoisotopic (exact) mass is 262 g/mol. The second-order valence-electron chi connectivity index (χ2n) is 6.90. The van der Waals surface area contributed by atoms with Gasteiger partial charge in [-0.25, -0.2) is 0 Å². The minimum Gasteiger partial charge on any atom is -0.356 e. The molecular formula is C14H22N4O. The quantitative estimate of drug-likeness (QED) is 0.351. The van der Waals surface area contributed by atoms with E-state index in [4.69, 9.17) is 5.53 Å². The van der Waals surface area contributed by atoms with Crippen LogP contribution in [0.5, 0.6) is 0 Å². The highest BCUT2D eigenvalue weighted by atomic mass is 16.1. The first-order valence-corrected chi connectivity index (χ1v) is 7.47. The Labute approximate surface area is 113 Å². The van der Waals surface area contributed by atoms with E-state index in [1.807, 2.05) is 0 Å². The Balaban J connectivity index is 1.54. The van der Waals surface area contributed by atoms with Crippen LogP contribution >= 0.6 is 0 Å². The summed E-state index contributed by atoms with van der Waals surface area (Å²) in [6, 6.07) is 0.